The molecule has 1 saturated heterocycles. The Bertz CT molecular complexity index is 511. The molecule has 0 spiro atoms. The first-order valence-corrected chi connectivity index (χ1v) is 10.2. The molecule has 126 valence electrons. The molecule has 2 bridgehead atoms. The minimum atomic E-state index is 0.260. The minimum Gasteiger partial charge on any atom is -0.351 e. The number of nitrogens with one attached hydrogen (secondary N) is 1. The first kappa shape index (κ1) is 15.6. The van der Waals surface area contributed by atoms with Gasteiger partial charge in [0.2, 0.25) is 5.91 Å². The first-order valence-electron chi connectivity index (χ1n) is 9.29. The Morgan fingerprint density at radius 2 is 2.00 bits per heavy atom. The van der Waals surface area contributed by atoms with Gasteiger partial charge in [0.15, 0.2) is 0 Å². The second kappa shape index (κ2) is 6.94. The molecule has 23 heavy (non-hydrogen) atoms. The molecule has 2 saturated carbocycles. The van der Waals surface area contributed by atoms with E-state index in [1.54, 1.807) is 11.3 Å². The number of thiophene rings is 1. The Morgan fingerprint density at radius 1 is 1.22 bits per heavy atom. The molecule has 1 N–H and O–H groups in total. The molecule has 1 aromatic rings. The van der Waals surface area contributed by atoms with Gasteiger partial charge >= 0.3 is 0 Å². The third-order valence-corrected chi connectivity index (χ3v) is 6.90. The van der Waals surface area contributed by atoms with Gasteiger partial charge in [-0.3, -0.25) is 4.79 Å². The van der Waals surface area contributed by atoms with Crippen molar-refractivity contribution in [2.75, 3.05) is 19.6 Å². The highest BCUT2D eigenvalue weighted by Crippen LogP contribution is 2.42. The molecular formula is C19H28N2OS. The number of amides is 1. The zero-order valence-corrected chi connectivity index (χ0v) is 14.7. The third kappa shape index (κ3) is 3.97. The maximum absolute atomic E-state index is 12.4. The molecule has 1 amide bonds. The van der Waals surface area contributed by atoms with E-state index in [9.17, 15) is 4.79 Å². The van der Waals surface area contributed by atoms with Crippen molar-refractivity contribution in [2.24, 2.45) is 23.7 Å². The van der Waals surface area contributed by atoms with Gasteiger partial charge in [0.1, 0.15) is 0 Å². The third-order valence-electron chi connectivity index (χ3n) is 6.02. The standard InChI is InChI=1S/C19H28N2OS/c22-19(20-10-17-5-2-8-23-17)9-18-15-3-1-4-16(18)13-21(12-15)11-14-6-7-14/h2,5,8,14-16,18H,1,3-4,6-7,9-13H2,(H,20,22). The zero-order valence-electron chi connectivity index (χ0n) is 13.9. The number of hydrogen-bond donors (Lipinski definition) is 1. The number of fused-ring (bicyclic) bond motifs is 2. The van der Waals surface area contributed by atoms with Crippen molar-refractivity contribution in [1.82, 2.24) is 10.2 Å². The Morgan fingerprint density at radius 3 is 2.65 bits per heavy atom. The van der Waals surface area contributed by atoms with Gasteiger partial charge in [-0.1, -0.05) is 12.5 Å². The largest absolute Gasteiger partial charge is 0.351 e. The van der Waals surface area contributed by atoms with E-state index in [4.69, 9.17) is 0 Å². The van der Waals surface area contributed by atoms with Crippen molar-refractivity contribution in [2.45, 2.75) is 45.1 Å². The molecule has 3 aliphatic rings. The highest BCUT2D eigenvalue weighted by atomic mass is 32.1. The molecular weight excluding hydrogens is 304 g/mol. The first-order chi connectivity index (χ1) is 11.3. The van der Waals surface area contributed by atoms with Crippen LogP contribution in [0.3, 0.4) is 0 Å². The molecule has 2 atom stereocenters. The maximum Gasteiger partial charge on any atom is 0.220 e. The summed E-state index contributed by atoms with van der Waals surface area (Å²) < 4.78 is 0. The fourth-order valence-corrected chi connectivity index (χ4v) is 5.32. The lowest BCUT2D eigenvalue weighted by molar-refractivity contribution is -0.124. The molecule has 2 heterocycles. The predicted molar refractivity (Wildman–Crippen MR) is 94.3 cm³/mol. The van der Waals surface area contributed by atoms with Gasteiger partial charge in [-0.25, -0.2) is 0 Å². The van der Waals surface area contributed by atoms with Gasteiger partial charge in [0, 0.05) is 30.9 Å². The molecule has 3 nitrogen and oxygen atoms in total. The molecule has 4 rings (SSSR count). The molecule has 0 aromatic carbocycles. The van der Waals surface area contributed by atoms with Gasteiger partial charge in [0.05, 0.1) is 6.54 Å². The van der Waals surface area contributed by atoms with Gasteiger partial charge < -0.3 is 10.2 Å². The Hall–Kier alpha value is -0.870. The van der Waals surface area contributed by atoms with Crippen LogP contribution < -0.4 is 5.32 Å². The van der Waals surface area contributed by atoms with E-state index in [-0.39, 0.29) is 5.91 Å². The maximum atomic E-state index is 12.4. The molecule has 2 aliphatic carbocycles. The Labute approximate surface area is 143 Å². The smallest absolute Gasteiger partial charge is 0.220 e. The van der Waals surface area contributed by atoms with Crippen molar-refractivity contribution >= 4 is 17.2 Å². The van der Waals surface area contributed by atoms with E-state index >= 15 is 0 Å². The van der Waals surface area contributed by atoms with Crippen LogP contribution in [-0.4, -0.2) is 30.4 Å². The van der Waals surface area contributed by atoms with E-state index < -0.39 is 0 Å². The fourth-order valence-electron chi connectivity index (χ4n) is 4.68. The Kier molecular flexibility index (Phi) is 4.72. The fraction of sp³-hybridized carbons (Fsp3) is 0.737. The van der Waals surface area contributed by atoms with Crippen molar-refractivity contribution in [3.63, 3.8) is 0 Å². The van der Waals surface area contributed by atoms with Gasteiger partial charge in [-0.2, -0.15) is 0 Å². The molecule has 1 aromatic heterocycles. The molecule has 3 fully saturated rings. The summed E-state index contributed by atoms with van der Waals surface area (Å²) in [6, 6.07) is 4.14. The molecule has 0 radical (unpaired) electrons. The van der Waals surface area contributed by atoms with E-state index in [1.807, 2.05) is 6.07 Å². The van der Waals surface area contributed by atoms with E-state index in [2.05, 4.69) is 21.7 Å². The summed E-state index contributed by atoms with van der Waals surface area (Å²) in [5.74, 6) is 3.39. The number of hydrogen-bond acceptors (Lipinski definition) is 3. The van der Waals surface area contributed by atoms with Crippen LogP contribution in [-0.2, 0) is 11.3 Å². The summed E-state index contributed by atoms with van der Waals surface area (Å²) in [6.07, 6.45) is 7.68. The lowest BCUT2D eigenvalue weighted by atomic mass is 9.67. The topological polar surface area (TPSA) is 32.3 Å². The van der Waals surface area contributed by atoms with Gasteiger partial charge in [-0.05, 0) is 60.8 Å². The van der Waals surface area contributed by atoms with Crippen LogP contribution in [0.1, 0.15) is 43.4 Å². The highest BCUT2D eigenvalue weighted by Gasteiger charge is 2.41. The summed E-state index contributed by atoms with van der Waals surface area (Å²) >= 11 is 1.72. The average Bonchev–Trinajstić information content (AvgIpc) is 3.17. The molecule has 2 unspecified atom stereocenters. The quantitative estimate of drug-likeness (QED) is 0.864. The van der Waals surface area contributed by atoms with Gasteiger partial charge in [0.25, 0.3) is 0 Å². The van der Waals surface area contributed by atoms with Crippen LogP contribution in [0.4, 0.5) is 0 Å². The predicted octanol–water partition coefficient (Wildman–Crippen LogP) is 3.51. The number of likely N-dealkylation sites (tertiary alicyclic amines) is 1. The lowest BCUT2D eigenvalue weighted by Gasteiger charge is -2.47. The summed E-state index contributed by atoms with van der Waals surface area (Å²) in [5.41, 5.74) is 0. The van der Waals surface area contributed by atoms with Crippen LogP contribution in [0.15, 0.2) is 17.5 Å². The van der Waals surface area contributed by atoms with Crippen molar-refractivity contribution in [1.29, 1.82) is 0 Å². The minimum absolute atomic E-state index is 0.260. The van der Waals surface area contributed by atoms with Gasteiger partial charge in [-0.15, -0.1) is 11.3 Å². The molecule has 1 aliphatic heterocycles. The van der Waals surface area contributed by atoms with Crippen LogP contribution in [0.2, 0.25) is 0 Å². The summed E-state index contributed by atoms with van der Waals surface area (Å²) in [7, 11) is 0. The molecule has 4 heteroatoms. The van der Waals surface area contributed by atoms with Crippen molar-refractivity contribution in [3.05, 3.63) is 22.4 Å². The second-order valence-electron chi connectivity index (χ2n) is 7.84. The van der Waals surface area contributed by atoms with Crippen LogP contribution in [0.25, 0.3) is 0 Å². The summed E-state index contributed by atoms with van der Waals surface area (Å²) in [6.45, 7) is 4.52. The Balaban J connectivity index is 1.30. The highest BCUT2D eigenvalue weighted by molar-refractivity contribution is 7.09. The van der Waals surface area contributed by atoms with E-state index in [0.29, 0.717) is 12.5 Å². The number of rotatable bonds is 6. The lowest BCUT2D eigenvalue weighted by Crippen LogP contribution is -2.50. The van der Waals surface area contributed by atoms with Crippen LogP contribution in [0, 0.1) is 23.7 Å². The zero-order chi connectivity index (χ0) is 15.6. The number of piperidine rings is 1. The van der Waals surface area contributed by atoms with E-state index in [0.717, 1.165) is 24.2 Å². The number of carbonyl (C=O) groups excluding carboxylic acids is 1. The number of nitrogens with zero attached hydrogens (tertiary/aromatic N) is 1. The van der Waals surface area contributed by atoms with E-state index in [1.165, 1.54) is 56.6 Å². The average molecular weight is 333 g/mol. The number of carbonyl (C=O) groups is 1. The summed E-state index contributed by atoms with van der Waals surface area (Å²) in [4.78, 5) is 16.3. The van der Waals surface area contributed by atoms with Crippen molar-refractivity contribution in [3.8, 4) is 0 Å². The monoisotopic (exact) mass is 332 g/mol. The second-order valence-corrected chi connectivity index (χ2v) is 8.87. The SMILES string of the molecule is O=C(CC1C2CCCC1CN(CC1CC1)C2)NCc1cccs1. The summed E-state index contributed by atoms with van der Waals surface area (Å²) in [5, 5.41) is 5.20. The normalized spacial score (nSPS) is 31.0. The van der Waals surface area contributed by atoms with Crippen LogP contribution >= 0.6 is 11.3 Å². The van der Waals surface area contributed by atoms with Crippen LogP contribution in [0.5, 0.6) is 0 Å². The van der Waals surface area contributed by atoms with Crippen molar-refractivity contribution < 1.29 is 4.79 Å².